The molecule has 1 unspecified atom stereocenters. The first kappa shape index (κ1) is 7.53. The van der Waals surface area contributed by atoms with E-state index in [1.54, 1.807) is 0 Å². The van der Waals surface area contributed by atoms with Gasteiger partial charge in [-0.15, -0.1) is 0 Å². The summed E-state index contributed by atoms with van der Waals surface area (Å²) in [4.78, 5) is 9.02. The Morgan fingerprint density at radius 3 is 2.14 bits per heavy atom. The quantitative estimate of drug-likeness (QED) is 0.434. The van der Waals surface area contributed by atoms with Crippen molar-refractivity contribution < 1.29 is 4.80 Å². The molecule has 1 atom stereocenters. The Morgan fingerprint density at radius 1 is 1.71 bits per heavy atom. The molecule has 0 aliphatic rings. The summed E-state index contributed by atoms with van der Waals surface area (Å²) in [5.74, 6) is 0. The van der Waals surface area contributed by atoms with Crippen LogP contribution in [0.3, 0.4) is 0 Å². The lowest BCUT2D eigenvalue weighted by Crippen LogP contribution is -2.20. The number of thiol groups is 1. The Hall–Kier alpha value is 0.527. The van der Waals surface area contributed by atoms with E-state index in [1.165, 1.54) is 0 Å². The maximum absolute atomic E-state index is 9.02. The average molecular weight is 136 g/mol. The highest BCUT2D eigenvalue weighted by molar-refractivity contribution is 8.13. The smallest absolute Gasteiger partial charge is 0.244 e. The van der Waals surface area contributed by atoms with Crippen molar-refractivity contribution in [3.8, 4) is 0 Å². The van der Waals surface area contributed by atoms with Gasteiger partial charge in [0.2, 0.25) is 7.47 Å². The highest BCUT2D eigenvalue weighted by atomic mass is 32.3. The van der Waals surface area contributed by atoms with Gasteiger partial charge in [-0.05, 0) is 12.6 Å². The third-order valence-corrected chi connectivity index (χ3v) is 2.84. The zero-order valence-electron chi connectivity index (χ0n) is 4.81. The first-order valence-corrected chi connectivity index (χ1v) is 6.45. The molecule has 0 saturated heterocycles. The molecule has 0 aliphatic carbocycles. The molecular formula is C4H12OSSi. The van der Waals surface area contributed by atoms with Crippen LogP contribution in [0.4, 0.5) is 0 Å². The van der Waals surface area contributed by atoms with Crippen molar-refractivity contribution in [3.05, 3.63) is 0 Å². The highest BCUT2D eigenvalue weighted by Gasteiger charge is 2.15. The zero-order valence-corrected chi connectivity index (χ0v) is 6.70. The summed E-state index contributed by atoms with van der Waals surface area (Å²) < 4.78 is 0. The van der Waals surface area contributed by atoms with Crippen LogP contribution < -0.4 is 0 Å². The molecule has 3 heteroatoms. The van der Waals surface area contributed by atoms with Crippen LogP contribution in [0, 0.1) is 0 Å². The molecule has 0 radical (unpaired) electrons. The molecule has 0 aromatic heterocycles. The Balaban J connectivity index is 3.15. The first-order chi connectivity index (χ1) is 3.06. The second-order valence-corrected chi connectivity index (χ2v) is 7.79. The molecule has 0 rings (SSSR count). The van der Waals surface area contributed by atoms with E-state index >= 15 is 0 Å². The Bertz CT molecular complexity index is 50.1. The summed E-state index contributed by atoms with van der Waals surface area (Å²) in [6.07, 6.45) is 1.04. The molecule has 0 heterocycles. The fraction of sp³-hybridized carbons (Fsp3) is 1.00. The van der Waals surface area contributed by atoms with Crippen LogP contribution in [0.15, 0.2) is 0 Å². The number of hydrogen-bond donors (Lipinski definition) is 2. The Kier molecular flexibility index (Phi) is 2.95. The van der Waals surface area contributed by atoms with Gasteiger partial charge in [-0.2, -0.15) is 12.1 Å². The van der Waals surface area contributed by atoms with E-state index in [9.17, 15) is 0 Å². The normalized spacial score (nSPS) is 18.9. The van der Waals surface area contributed by atoms with E-state index in [2.05, 4.69) is 19.0 Å². The van der Waals surface area contributed by atoms with Crippen LogP contribution in [0.5, 0.6) is 0 Å². The van der Waals surface area contributed by atoms with Crippen LogP contribution in [-0.2, 0) is 0 Å². The Labute approximate surface area is 50.9 Å². The molecule has 1 N–H and O–H groups in total. The summed E-state index contributed by atoms with van der Waals surface area (Å²) in [5.41, 5.74) is 0. The molecule has 0 fully saturated rings. The largest absolute Gasteiger partial charge is 0.423 e. The Morgan fingerprint density at radius 2 is 2.14 bits per heavy atom. The fourth-order valence-corrected chi connectivity index (χ4v) is 2.09. The minimum atomic E-state index is -1.96. The maximum Gasteiger partial charge on any atom is 0.244 e. The van der Waals surface area contributed by atoms with E-state index in [4.69, 9.17) is 4.80 Å². The van der Waals surface area contributed by atoms with E-state index < -0.39 is 7.47 Å². The van der Waals surface area contributed by atoms with E-state index in [-0.39, 0.29) is 0 Å². The van der Waals surface area contributed by atoms with E-state index in [0.29, 0.717) is 0 Å². The topological polar surface area (TPSA) is 20.2 Å². The van der Waals surface area contributed by atoms with Gasteiger partial charge in [0.05, 0.1) is 0 Å². The highest BCUT2D eigenvalue weighted by Crippen LogP contribution is 2.10. The molecule has 7 heavy (non-hydrogen) atoms. The van der Waals surface area contributed by atoms with E-state index in [0.717, 1.165) is 12.5 Å². The lowest BCUT2D eigenvalue weighted by atomic mass is 10.6. The average Bonchev–Trinajstić information content (AvgIpc) is 1.30. The fourth-order valence-electron chi connectivity index (χ4n) is 0.474. The van der Waals surface area contributed by atoms with Gasteiger partial charge in [0.25, 0.3) is 0 Å². The van der Waals surface area contributed by atoms with Crippen LogP contribution in [0.2, 0.25) is 12.6 Å². The first-order valence-electron chi connectivity index (χ1n) is 2.51. The van der Waals surface area contributed by atoms with Crippen molar-refractivity contribution in [1.82, 2.24) is 0 Å². The van der Waals surface area contributed by atoms with Gasteiger partial charge < -0.3 is 4.80 Å². The monoisotopic (exact) mass is 136 g/mol. The molecule has 0 aromatic rings. The van der Waals surface area contributed by atoms with Crippen molar-refractivity contribution in [2.24, 2.45) is 0 Å². The molecule has 0 aromatic carbocycles. The van der Waals surface area contributed by atoms with E-state index in [1.807, 2.05) is 6.55 Å². The number of rotatable bonds is 2. The van der Waals surface area contributed by atoms with Gasteiger partial charge in [0.1, 0.15) is 0 Å². The molecule has 0 bridgehead atoms. The second kappa shape index (κ2) is 2.74. The number of hydrogen-bond acceptors (Lipinski definition) is 2. The van der Waals surface area contributed by atoms with Crippen molar-refractivity contribution in [3.63, 3.8) is 0 Å². The van der Waals surface area contributed by atoms with Crippen molar-refractivity contribution in [1.29, 1.82) is 0 Å². The van der Waals surface area contributed by atoms with Crippen LogP contribution >= 0.6 is 12.1 Å². The second-order valence-electron chi connectivity index (χ2n) is 1.97. The third kappa shape index (κ3) is 6.53. The summed E-state index contributed by atoms with van der Waals surface area (Å²) in [7, 11) is -1.96. The summed E-state index contributed by atoms with van der Waals surface area (Å²) in [5, 5.41) is 0. The van der Waals surface area contributed by atoms with Gasteiger partial charge in [-0.25, -0.2) is 0 Å². The summed E-state index contributed by atoms with van der Waals surface area (Å²) in [6.45, 7) is 3.89. The van der Waals surface area contributed by atoms with Crippen molar-refractivity contribution in [2.75, 3.05) is 0 Å². The molecule has 1 nitrogen and oxygen atoms in total. The zero-order chi connectivity index (χ0) is 5.91. The van der Waals surface area contributed by atoms with Crippen LogP contribution in [0.1, 0.15) is 13.3 Å². The van der Waals surface area contributed by atoms with Crippen molar-refractivity contribution >= 4 is 19.5 Å². The molecule has 0 saturated carbocycles. The standard InChI is InChI=1S/C4H12OSSi/c1-3-4-7(2,5)6/h5-6H,3-4H2,1-2H3. The molecule has 0 aliphatic heterocycles. The van der Waals surface area contributed by atoms with Crippen LogP contribution in [0.25, 0.3) is 0 Å². The SMILES string of the molecule is CCC[Si](C)(O)S. The minimum absolute atomic E-state index is 0.899. The summed E-state index contributed by atoms with van der Waals surface area (Å²) >= 11 is 4.03. The molecule has 0 amide bonds. The maximum atomic E-state index is 9.02. The predicted octanol–water partition coefficient (Wildman–Crippen LogP) is 1.39. The van der Waals surface area contributed by atoms with Gasteiger partial charge in [0.15, 0.2) is 0 Å². The molecule has 44 valence electrons. The van der Waals surface area contributed by atoms with Gasteiger partial charge in [-0.1, -0.05) is 13.3 Å². The van der Waals surface area contributed by atoms with Crippen LogP contribution in [-0.4, -0.2) is 12.3 Å². The third-order valence-electron chi connectivity index (χ3n) is 0.724. The molecular weight excluding hydrogens is 124 g/mol. The molecule has 0 spiro atoms. The van der Waals surface area contributed by atoms with Gasteiger partial charge in [0, 0.05) is 0 Å². The lowest BCUT2D eigenvalue weighted by molar-refractivity contribution is 0.566. The van der Waals surface area contributed by atoms with Crippen molar-refractivity contribution in [2.45, 2.75) is 25.9 Å². The van der Waals surface area contributed by atoms with Gasteiger partial charge in [-0.3, -0.25) is 0 Å². The predicted molar refractivity (Wildman–Crippen MR) is 37.9 cm³/mol. The minimum Gasteiger partial charge on any atom is -0.423 e. The summed E-state index contributed by atoms with van der Waals surface area (Å²) in [6, 6.07) is 0.899. The van der Waals surface area contributed by atoms with Gasteiger partial charge >= 0.3 is 0 Å². The lowest BCUT2D eigenvalue weighted by Gasteiger charge is -2.08.